The molecule has 2 bridgehead atoms. The van der Waals surface area contributed by atoms with E-state index in [4.69, 9.17) is 9.47 Å². The summed E-state index contributed by atoms with van der Waals surface area (Å²) in [4.78, 5) is 34.9. The average Bonchev–Trinajstić information content (AvgIpc) is 3.45. The molecule has 9 nitrogen and oxygen atoms in total. The Hall–Kier alpha value is -2.50. The molecule has 1 unspecified atom stereocenters. The Bertz CT molecular complexity index is 1060. The third-order valence-electron chi connectivity index (χ3n) is 7.85. The van der Waals surface area contributed by atoms with Gasteiger partial charge in [0.15, 0.2) is 0 Å². The normalized spacial score (nSPS) is 26.5. The number of anilines is 2. The van der Waals surface area contributed by atoms with Crippen LogP contribution in [0.25, 0.3) is 0 Å². The number of aromatic nitrogens is 2. The molecular weight excluding hydrogens is 491 g/mol. The maximum atomic E-state index is 14.1. The zero-order valence-corrected chi connectivity index (χ0v) is 21.7. The van der Waals surface area contributed by atoms with Gasteiger partial charge in [0.25, 0.3) is 5.56 Å². The molecule has 0 N–H and O–H groups in total. The van der Waals surface area contributed by atoms with Gasteiger partial charge in [-0.1, -0.05) is 0 Å². The monoisotopic (exact) mass is 527 g/mol. The van der Waals surface area contributed by atoms with Crippen LogP contribution in [0.1, 0.15) is 52.9 Å². The predicted molar refractivity (Wildman–Crippen MR) is 131 cm³/mol. The van der Waals surface area contributed by atoms with Crippen LogP contribution >= 0.6 is 0 Å². The van der Waals surface area contributed by atoms with E-state index in [1.807, 2.05) is 25.7 Å². The molecule has 12 heteroatoms. The van der Waals surface area contributed by atoms with Gasteiger partial charge in [-0.3, -0.25) is 9.36 Å². The Morgan fingerprint density at radius 2 is 1.89 bits per heavy atom. The van der Waals surface area contributed by atoms with Gasteiger partial charge in [0.2, 0.25) is 5.95 Å². The lowest BCUT2D eigenvalue weighted by atomic mass is 9.93. The van der Waals surface area contributed by atoms with E-state index in [0.29, 0.717) is 51.3 Å². The minimum absolute atomic E-state index is 0.00837. The van der Waals surface area contributed by atoms with E-state index in [0.717, 1.165) is 6.42 Å². The maximum Gasteiger partial charge on any atom is 0.410 e. The molecule has 1 aromatic heterocycles. The predicted octanol–water partition coefficient (Wildman–Crippen LogP) is 3.40. The van der Waals surface area contributed by atoms with Crippen LogP contribution in [-0.4, -0.2) is 83.3 Å². The van der Waals surface area contributed by atoms with Crippen molar-refractivity contribution >= 4 is 17.9 Å². The molecule has 206 valence electrons. The second-order valence-electron chi connectivity index (χ2n) is 11.6. The molecule has 0 radical (unpaired) electrons. The molecular formula is C25H36F3N5O4. The number of nitrogens with zero attached hydrogens (tertiary/aromatic N) is 5. The largest absolute Gasteiger partial charge is 0.444 e. The van der Waals surface area contributed by atoms with Crippen molar-refractivity contribution in [1.29, 1.82) is 0 Å². The topological polar surface area (TPSA) is 80.1 Å². The van der Waals surface area contributed by atoms with Gasteiger partial charge in [0.1, 0.15) is 17.5 Å². The zero-order valence-electron chi connectivity index (χ0n) is 21.7. The van der Waals surface area contributed by atoms with Gasteiger partial charge in [0.05, 0.1) is 18.8 Å². The number of hydrogen-bond acceptors (Lipinski definition) is 7. The molecule has 3 atom stereocenters. The molecule has 3 saturated heterocycles. The Morgan fingerprint density at radius 3 is 2.49 bits per heavy atom. The molecule has 0 aliphatic carbocycles. The van der Waals surface area contributed by atoms with Crippen molar-refractivity contribution in [3.63, 3.8) is 0 Å². The summed E-state index contributed by atoms with van der Waals surface area (Å²) in [5.41, 5.74) is -0.895. The molecule has 5 heterocycles. The molecule has 3 fully saturated rings. The summed E-state index contributed by atoms with van der Waals surface area (Å²) in [6, 6.07) is -0.136. The van der Waals surface area contributed by atoms with Gasteiger partial charge in [-0.2, -0.15) is 18.2 Å². The number of carbonyl (C=O) groups excluding carboxylic acids is 1. The molecule has 1 amide bonds. The van der Waals surface area contributed by atoms with E-state index in [1.54, 1.807) is 4.90 Å². The number of rotatable bonds is 4. The van der Waals surface area contributed by atoms with E-state index in [-0.39, 0.29) is 55.2 Å². The van der Waals surface area contributed by atoms with Crippen molar-refractivity contribution in [3.05, 3.63) is 16.4 Å². The molecule has 4 aliphatic heterocycles. The zero-order chi connectivity index (χ0) is 26.5. The number of ether oxygens (including phenoxy) is 2. The van der Waals surface area contributed by atoms with Crippen LogP contribution in [-0.2, 0) is 16.0 Å². The molecule has 37 heavy (non-hydrogen) atoms. The lowest BCUT2D eigenvalue weighted by Gasteiger charge is -2.41. The van der Waals surface area contributed by atoms with E-state index < -0.39 is 17.8 Å². The number of amides is 1. The number of halogens is 3. The summed E-state index contributed by atoms with van der Waals surface area (Å²) in [7, 11) is 0. The third-order valence-corrected chi connectivity index (χ3v) is 7.85. The van der Waals surface area contributed by atoms with Crippen LogP contribution < -0.4 is 15.4 Å². The van der Waals surface area contributed by atoms with Crippen LogP contribution in [0.15, 0.2) is 10.9 Å². The fourth-order valence-corrected chi connectivity index (χ4v) is 5.93. The summed E-state index contributed by atoms with van der Waals surface area (Å²) in [6.07, 6.45) is -2.13. The standard InChI is InChI=1S/C25H36F3N5O4/c1-24(2,3)37-23(35)30-8-4-16(5-9-30)6-10-31-19(25(26,27)28)7-11-32-21(34)13-20(29-22(31)32)33-14-18-12-17(33)15-36-18/h13,16-19H,4-12,14-15H2,1-3H3/t17?,18-,19-/m0/s1. The van der Waals surface area contributed by atoms with E-state index in [9.17, 15) is 22.8 Å². The number of likely N-dealkylation sites (tertiary alicyclic amines) is 1. The minimum atomic E-state index is -4.43. The smallest absolute Gasteiger partial charge is 0.410 e. The Labute approximate surface area is 214 Å². The van der Waals surface area contributed by atoms with E-state index >= 15 is 0 Å². The summed E-state index contributed by atoms with van der Waals surface area (Å²) >= 11 is 0. The van der Waals surface area contributed by atoms with E-state index in [2.05, 4.69) is 4.98 Å². The fraction of sp³-hybridized carbons (Fsp3) is 0.800. The summed E-state index contributed by atoms with van der Waals surface area (Å²) in [5, 5.41) is 0. The van der Waals surface area contributed by atoms with Crippen molar-refractivity contribution in [3.8, 4) is 0 Å². The van der Waals surface area contributed by atoms with Gasteiger partial charge in [-0.25, -0.2) is 4.79 Å². The molecule has 4 aliphatic rings. The first-order valence-electron chi connectivity index (χ1n) is 13.2. The first-order chi connectivity index (χ1) is 17.4. The first-order valence-corrected chi connectivity index (χ1v) is 13.2. The van der Waals surface area contributed by atoms with Gasteiger partial charge in [0, 0.05) is 38.8 Å². The summed E-state index contributed by atoms with van der Waals surface area (Å²) < 4.78 is 54.8. The summed E-state index contributed by atoms with van der Waals surface area (Å²) in [5.74, 6) is 0.709. The number of piperidine rings is 1. The average molecular weight is 528 g/mol. The second kappa shape index (κ2) is 9.67. The van der Waals surface area contributed by atoms with Crippen molar-refractivity contribution < 1.29 is 27.4 Å². The van der Waals surface area contributed by atoms with Crippen LogP contribution in [0.3, 0.4) is 0 Å². The highest BCUT2D eigenvalue weighted by molar-refractivity contribution is 5.68. The Balaban J connectivity index is 1.30. The highest BCUT2D eigenvalue weighted by atomic mass is 19.4. The van der Waals surface area contributed by atoms with Crippen molar-refractivity contribution in [2.24, 2.45) is 5.92 Å². The number of hydrogen-bond donors (Lipinski definition) is 0. The van der Waals surface area contributed by atoms with Crippen LogP contribution in [0.5, 0.6) is 0 Å². The molecule has 0 spiro atoms. The summed E-state index contributed by atoms with van der Waals surface area (Å²) in [6.45, 7) is 7.76. The number of alkyl halides is 3. The lowest BCUT2D eigenvalue weighted by molar-refractivity contribution is -0.152. The second-order valence-corrected chi connectivity index (χ2v) is 11.6. The van der Waals surface area contributed by atoms with Gasteiger partial charge in [-0.15, -0.1) is 0 Å². The highest BCUT2D eigenvalue weighted by Gasteiger charge is 2.47. The van der Waals surface area contributed by atoms with Crippen LogP contribution in [0.4, 0.5) is 29.7 Å². The highest BCUT2D eigenvalue weighted by Crippen LogP contribution is 2.37. The van der Waals surface area contributed by atoms with Gasteiger partial charge < -0.3 is 24.2 Å². The van der Waals surface area contributed by atoms with E-state index in [1.165, 1.54) is 15.5 Å². The number of morpholine rings is 1. The van der Waals surface area contributed by atoms with Crippen molar-refractivity contribution in [1.82, 2.24) is 14.5 Å². The number of carbonyl (C=O) groups is 1. The SMILES string of the molecule is CC(C)(C)OC(=O)N1CCC(CCN2c3nc(N4C[C@@H]5CC4CO5)cc(=O)n3CC[C@H]2C(F)(F)F)CC1. The van der Waals surface area contributed by atoms with Gasteiger partial charge >= 0.3 is 12.3 Å². The molecule has 5 rings (SSSR count). The van der Waals surface area contributed by atoms with Crippen LogP contribution in [0, 0.1) is 5.92 Å². The third kappa shape index (κ3) is 5.53. The van der Waals surface area contributed by atoms with Crippen molar-refractivity contribution in [2.75, 3.05) is 42.6 Å². The molecule has 0 aromatic carbocycles. The first kappa shape index (κ1) is 26.1. The van der Waals surface area contributed by atoms with Crippen molar-refractivity contribution in [2.45, 2.75) is 89.4 Å². The Kier molecular flexibility index (Phi) is 6.82. The lowest BCUT2D eigenvalue weighted by Crippen LogP contribution is -2.53. The Morgan fingerprint density at radius 1 is 1.16 bits per heavy atom. The maximum absolute atomic E-state index is 14.1. The van der Waals surface area contributed by atoms with Crippen LogP contribution in [0.2, 0.25) is 0 Å². The molecule has 1 aromatic rings. The minimum Gasteiger partial charge on any atom is -0.444 e. The quantitative estimate of drug-likeness (QED) is 0.594. The fourth-order valence-electron chi connectivity index (χ4n) is 5.93. The number of fused-ring (bicyclic) bond motifs is 3. The van der Waals surface area contributed by atoms with Gasteiger partial charge in [-0.05, 0) is 58.8 Å². The molecule has 0 saturated carbocycles.